The molecule has 0 fully saturated rings. The average molecular weight is 352 g/mol. The number of rotatable bonds is 4. The fourth-order valence-electron chi connectivity index (χ4n) is 1.95. The van der Waals surface area contributed by atoms with Gasteiger partial charge in [0.15, 0.2) is 6.10 Å². The van der Waals surface area contributed by atoms with Gasteiger partial charge in [-0.05, 0) is 43.7 Å². The zero-order valence-electron chi connectivity index (χ0n) is 12.6. The van der Waals surface area contributed by atoms with E-state index in [0.717, 1.165) is 5.56 Å². The van der Waals surface area contributed by atoms with Crippen molar-refractivity contribution in [3.8, 4) is 0 Å². The van der Waals surface area contributed by atoms with Gasteiger partial charge in [0.25, 0.3) is 5.91 Å². The fraction of sp³-hybridized carbons (Fsp3) is 0.176. The van der Waals surface area contributed by atoms with E-state index in [4.69, 9.17) is 27.9 Å². The largest absolute Gasteiger partial charge is 0.449 e. The van der Waals surface area contributed by atoms with E-state index in [1.54, 1.807) is 43.3 Å². The van der Waals surface area contributed by atoms with Gasteiger partial charge in [-0.25, -0.2) is 4.79 Å². The summed E-state index contributed by atoms with van der Waals surface area (Å²) in [5, 5.41) is 3.41. The number of halogens is 2. The first kappa shape index (κ1) is 17.3. The highest BCUT2D eigenvalue weighted by molar-refractivity contribution is 6.35. The van der Waals surface area contributed by atoms with Crippen LogP contribution in [0, 0.1) is 6.92 Å². The molecule has 0 aliphatic rings. The Labute approximate surface area is 144 Å². The van der Waals surface area contributed by atoms with Crippen LogP contribution in [0.4, 0.5) is 5.69 Å². The van der Waals surface area contributed by atoms with Crippen LogP contribution in [0.1, 0.15) is 22.8 Å². The Balaban J connectivity index is 2.02. The second-order valence-corrected chi connectivity index (χ2v) is 5.88. The van der Waals surface area contributed by atoms with Gasteiger partial charge in [0.2, 0.25) is 0 Å². The van der Waals surface area contributed by atoms with E-state index < -0.39 is 18.0 Å². The van der Waals surface area contributed by atoms with Gasteiger partial charge in [0.05, 0.1) is 5.56 Å². The minimum atomic E-state index is -0.958. The van der Waals surface area contributed by atoms with Crippen LogP contribution < -0.4 is 5.32 Å². The van der Waals surface area contributed by atoms with Crippen molar-refractivity contribution in [1.82, 2.24) is 0 Å². The molecule has 120 valence electrons. The molecule has 4 nitrogen and oxygen atoms in total. The summed E-state index contributed by atoms with van der Waals surface area (Å²) in [5.74, 6) is -1.01. The molecule has 0 heterocycles. The van der Waals surface area contributed by atoms with Crippen LogP contribution in [0.5, 0.6) is 0 Å². The molecular weight excluding hydrogens is 337 g/mol. The Morgan fingerprint density at radius 1 is 1.09 bits per heavy atom. The van der Waals surface area contributed by atoms with Crippen LogP contribution in [0.15, 0.2) is 42.5 Å². The molecule has 0 saturated carbocycles. The normalized spacial score (nSPS) is 11.7. The van der Waals surface area contributed by atoms with E-state index in [0.29, 0.717) is 21.3 Å². The number of esters is 1. The smallest absolute Gasteiger partial charge is 0.339 e. The number of aryl methyl sites for hydroxylation is 1. The second kappa shape index (κ2) is 7.49. The van der Waals surface area contributed by atoms with Gasteiger partial charge in [0.1, 0.15) is 0 Å². The Morgan fingerprint density at radius 2 is 1.70 bits per heavy atom. The SMILES string of the molecule is Cc1ccccc1C(=O)OC(C)C(=O)Nc1cc(Cl)cc(Cl)c1. The van der Waals surface area contributed by atoms with Gasteiger partial charge in [-0.15, -0.1) is 0 Å². The molecule has 0 spiro atoms. The maximum Gasteiger partial charge on any atom is 0.339 e. The first-order valence-corrected chi connectivity index (χ1v) is 7.66. The molecule has 0 saturated heterocycles. The van der Waals surface area contributed by atoms with Crippen molar-refractivity contribution in [2.45, 2.75) is 20.0 Å². The standard InChI is InChI=1S/C17H15Cl2NO3/c1-10-5-3-4-6-15(10)17(22)23-11(2)16(21)20-14-8-12(18)7-13(19)9-14/h3-9,11H,1-2H3,(H,20,21). The van der Waals surface area contributed by atoms with E-state index in [2.05, 4.69) is 5.32 Å². The molecule has 0 aliphatic heterocycles. The molecule has 1 unspecified atom stereocenters. The lowest BCUT2D eigenvalue weighted by atomic mass is 10.1. The van der Waals surface area contributed by atoms with Gasteiger partial charge in [0, 0.05) is 15.7 Å². The van der Waals surface area contributed by atoms with Crippen molar-refractivity contribution in [3.05, 3.63) is 63.6 Å². The lowest BCUT2D eigenvalue weighted by Crippen LogP contribution is -2.30. The Bertz CT molecular complexity index is 726. The van der Waals surface area contributed by atoms with Gasteiger partial charge in [-0.3, -0.25) is 4.79 Å². The lowest BCUT2D eigenvalue weighted by molar-refractivity contribution is -0.123. The predicted molar refractivity (Wildman–Crippen MR) is 91.1 cm³/mol. The second-order valence-electron chi connectivity index (χ2n) is 5.01. The van der Waals surface area contributed by atoms with E-state index in [9.17, 15) is 9.59 Å². The molecule has 1 amide bonds. The van der Waals surface area contributed by atoms with E-state index in [1.165, 1.54) is 6.92 Å². The van der Waals surface area contributed by atoms with Crippen molar-refractivity contribution in [2.75, 3.05) is 5.32 Å². The van der Waals surface area contributed by atoms with Crippen LogP contribution >= 0.6 is 23.2 Å². The molecule has 2 aromatic carbocycles. The number of anilines is 1. The van der Waals surface area contributed by atoms with Gasteiger partial charge < -0.3 is 10.1 Å². The zero-order chi connectivity index (χ0) is 17.0. The summed E-state index contributed by atoms with van der Waals surface area (Å²) in [6, 6.07) is 11.7. The van der Waals surface area contributed by atoms with Crippen molar-refractivity contribution < 1.29 is 14.3 Å². The highest BCUT2D eigenvalue weighted by Crippen LogP contribution is 2.22. The first-order chi connectivity index (χ1) is 10.9. The molecule has 0 aliphatic carbocycles. The van der Waals surface area contributed by atoms with E-state index in [-0.39, 0.29) is 0 Å². The summed E-state index contributed by atoms with van der Waals surface area (Å²) in [6.45, 7) is 3.30. The Hall–Kier alpha value is -2.04. The van der Waals surface area contributed by atoms with Crippen LogP contribution in [0.25, 0.3) is 0 Å². The molecule has 1 N–H and O–H groups in total. The zero-order valence-corrected chi connectivity index (χ0v) is 14.1. The maximum absolute atomic E-state index is 12.1. The highest BCUT2D eigenvalue weighted by Gasteiger charge is 2.20. The van der Waals surface area contributed by atoms with Gasteiger partial charge in [-0.2, -0.15) is 0 Å². The Morgan fingerprint density at radius 3 is 2.30 bits per heavy atom. The monoisotopic (exact) mass is 351 g/mol. The minimum Gasteiger partial charge on any atom is -0.449 e. The molecule has 1 atom stereocenters. The predicted octanol–water partition coefficient (Wildman–Crippen LogP) is 4.49. The Kier molecular flexibility index (Phi) is 5.64. The number of hydrogen-bond acceptors (Lipinski definition) is 3. The highest BCUT2D eigenvalue weighted by atomic mass is 35.5. The molecule has 2 aromatic rings. The summed E-state index contributed by atoms with van der Waals surface area (Å²) >= 11 is 11.7. The van der Waals surface area contributed by atoms with Crippen molar-refractivity contribution >= 4 is 40.8 Å². The van der Waals surface area contributed by atoms with Crippen LogP contribution in [0.2, 0.25) is 10.0 Å². The number of nitrogens with one attached hydrogen (secondary N) is 1. The molecule has 6 heteroatoms. The number of carbonyl (C=O) groups is 2. The summed E-state index contributed by atoms with van der Waals surface area (Å²) in [6.07, 6.45) is -0.958. The number of hydrogen-bond donors (Lipinski definition) is 1. The summed E-state index contributed by atoms with van der Waals surface area (Å²) < 4.78 is 5.19. The van der Waals surface area contributed by atoms with Crippen LogP contribution in [-0.2, 0) is 9.53 Å². The first-order valence-electron chi connectivity index (χ1n) is 6.90. The van der Waals surface area contributed by atoms with E-state index >= 15 is 0 Å². The summed E-state index contributed by atoms with van der Waals surface area (Å²) in [4.78, 5) is 24.2. The molecule has 0 aromatic heterocycles. The van der Waals surface area contributed by atoms with E-state index in [1.807, 2.05) is 6.07 Å². The van der Waals surface area contributed by atoms with Crippen molar-refractivity contribution in [2.24, 2.45) is 0 Å². The fourth-order valence-corrected chi connectivity index (χ4v) is 2.48. The number of amides is 1. The number of benzene rings is 2. The third-order valence-electron chi connectivity index (χ3n) is 3.15. The van der Waals surface area contributed by atoms with Crippen LogP contribution in [0.3, 0.4) is 0 Å². The maximum atomic E-state index is 12.1. The average Bonchev–Trinajstić information content (AvgIpc) is 2.46. The van der Waals surface area contributed by atoms with Crippen LogP contribution in [-0.4, -0.2) is 18.0 Å². The third kappa shape index (κ3) is 4.71. The van der Waals surface area contributed by atoms with Gasteiger partial charge >= 0.3 is 5.97 Å². The lowest BCUT2D eigenvalue weighted by Gasteiger charge is -2.14. The molecule has 2 rings (SSSR count). The molecular formula is C17H15Cl2NO3. The molecule has 23 heavy (non-hydrogen) atoms. The van der Waals surface area contributed by atoms with Crippen molar-refractivity contribution in [1.29, 1.82) is 0 Å². The summed E-state index contributed by atoms with van der Waals surface area (Å²) in [7, 11) is 0. The quantitative estimate of drug-likeness (QED) is 0.825. The number of ether oxygens (including phenoxy) is 1. The van der Waals surface area contributed by atoms with Gasteiger partial charge in [-0.1, -0.05) is 41.4 Å². The topological polar surface area (TPSA) is 55.4 Å². The summed E-state index contributed by atoms with van der Waals surface area (Å²) in [5.41, 5.74) is 1.65. The molecule has 0 radical (unpaired) electrons. The molecule has 0 bridgehead atoms. The third-order valence-corrected chi connectivity index (χ3v) is 3.58. The van der Waals surface area contributed by atoms with Crippen molar-refractivity contribution in [3.63, 3.8) is 0 Å². The number of carbonyl (C=O) groups excluding carboxylic acids is 2. The minimum absolute atomic E-state index is 0.400.